The molecular formula is C2H9KOSi. The van der Waals surface area contributed by atoms with E-state index in [4.69, 9.17) is 4.80 Å². The molecule has 0 aromatic heterocycles. The van der Waals surface area contributed by atoms with E-state index < -0.39 is 9.04 Å². The molecule has 0 fully saturated rings. The average molecular weight is 116 g/mol. The average Bonchev–Trinajstić information content (AvgIpc) is 0.811. The Morgan fingerprint density at radius 1 is 1.40 bits per heavy atom. The monoisotopic (exact) mass is 116 g/mol. The zero-order chi connectivity index (χ0) is 3.58. The van der Waals surface area contributed by atoms with E-state index in [1.165, 1.54) is 0 Å². The van der Waals surface area contributed by atoms with E-state index >= 15 is 0 Å². The van der Waals surface area contributed by atoms with Crippen LogP contribution in [-0.2, 0) is 0 Å². The summed E-state index contributed by atoms with van der Waals surface area (Å²) < 4.78 is 0. The van der Waals surface area contributed by atoms with Crippen LogP contribution in [0.5, 0.6) is 0 Å². The maximum absolute atomic E-state index is 8.19. The van der Waals surface area contributed by atoms with Gasteiger partial charge in [-0.05, 0) is 13.1 Å². The van der Waals surface area contributed by atoms with Gasteiger partial charge in [-0.15, -0.1) is 0 Å². The van der Waals surface area contributed by atoms with Gasteiger partial charge in [-0.1, -0.05) is 0 Å². The molecule has 0 bridgehead atoms. The van der Waals surface area contributed by atoms with Gasteiger partial charge in [0.05, 0.1) is 0 Å². The summed E-state index contributed by atoms with van der Waals surface area (Å²) in [5, 5.41) is 0. The van der Waals surface area contributed by atoms with E-state index in [2.05, 4.69) is 0 Å². The zero-order valence-electron chi connectivity index (χ0n) is 3.02. The summed E-state index contributed by atoms with van der Waals surface area (Å²) in [7, 11) is -1.14. The van der Waals surface area contributed by atoms with Crippen molar-refractivity contribution < 1.29 is 4.80 Å². The zero-order valence-corrected chi connectivity index (χ0v) is 4.18. The van der Waals surface area contributed by atoms with Gasteiger partial charge in [-0.3, -0.25) is 0 Å². The molecule has 0 aliphatic heterocycles. The van der Waals surface area contributed by atoms with Crippen molar-refractivity contribution in [2.24, 2.45) is 0 Å². The Hall–Kier alpha value is 1.81. The number of rotatable bonds is 0. The third-order valence-electron chi connectivity index (χ3n) is 0. The van der Waals surface area contributed by atoms with Crippen LogP contribution in [0.1, 0.15) is 0 Å². The van der Waals surface area contributed by atoms with Crippen LogP contribution in [-0.4, -0.2) is 65.2 Å². The molecule has 0 radical (unpaired) electrons. The SMILES string of the molecule is C[SiH](C)O.[KH]. The Bertz CT molecular complexity index is 14.4. The van der Waals surface area contributed by atoms with Gasteiger partial charge >= 0.3 is 51.4 Å². The first-order valence-electron chi connectivity index (χ1n) is 1.41. The van der Waals surface area contributed by atoms with Crippen molar-refractivity contribution in [3.63, 3.8) is 0 Å². The van der Waals surface area contributed by atoms with Crippen LogP contribution in [0.25, 0.3) is 0 Å². The van der Waals surface area contributed by atoms with Crippen LogP contribution in [0.4, 0.5) is 0 Å². The van der Waals surface area contributed by atoms with Crippen LogP contribution in [0.2, 0.25) is 13.1 Å². The summed E-state index contributed by atoms with van der Waals surface area (Å²) in [6.45, 7) is 3.72. The minimum atomic E-state index is -1.14. The van der Waals surface area contributed by atoms with Gasteiger partial charge in [-0.25, -0.2) is 0 Å². The Balaban J connectivity index is 0. The molecule has 28 valence electrons. The molecule has 1 N–H and O–H groups in total. The quantitative estimate of drug-likeness (QED) is 0.416. The summed E-state index contributed by atoms with van der Waals surface area (Å²) in [4.78, 5) is 8.19. The van der Waals surface area contributed by atoms with E-state index in [1.54, 1.807) is 0 Å². The molecular weight excluding hydrogens is 107 g/mol. The fourth-order valence-electron chi connectivity index (χ4n) is 0. The third-order valence-corrected chi connectivity index (χ3v) is 0. The fraction of sp³-hybridized carbons (Fsp3) is 1.00. The van der Waals surface area contributed by atoms with E-state index in [1.807, 2.05) is 13.1 Å². The molecule has 0 unspecified atom stereocenters. The van der Waals surface area contributed by atoms with Crippen molar-refractivity contribution >= 4 is 60.4 Å². The molecule has 0 saturated carbocycles. The molecule has 0 rings (SSSR count). The Morgan fingerprint density at radius 3 is 1.40 bits per heavy atom. The number of hydrogen-bond acceptors (Lipinski definition) is 1. The van der Waals surface area contributed by atoms with Gasteiger partial charge in [0.2, 0.25) is 0 Å². The second-order valence-corrected chi connectivity index (χ2v) is 3.28. The molecule has 0 aliphatic rings. The minimum absolute atomic E-state index is 0. The molecule has 0 aromatic rings. The Labute approximate surface area is 76.9 Å². The predicted molar refractivity (Wildman–Crippen MR) is 28.2 cm³/mol. The second kappa shape index (κ2) is 5.81. The molecule has 0 spiro atoms. The van der Waals surface area contributed by atoms with E-state index in [0.29, 0.717) is 0 Å². The molecule has 3 heteroatoms. The van der Waals surface area contributed by atoms with Crippen molar-refractivity contribution in [3.8, 4) is 0 Å². The summed E-state index contributed by atoms with van der Waals surface area (Å²) in [5.74, 6) is 0. The molecule has 0 aliphatic carbocycles. The summed E-state index contributed by atoms with van der Waals surface area (Å²) >= 11 is 0. The van der Waals surface area contributed by atoms with E-state index in [9.17, 15) is 0 Å². The maximum atomic E-state index is 8.19. The van der Waals surface area contributed by atoms with Gasteiger partial charge in [0.15, 0.2) is 9.04 Å². The van der Waals surface area contributed by atoms with Crippen molar-refractivity contribution in [3.05, 3.63) is 0 Å². The predicted octanol–water partition coefficient (Wildman–Crippen LogP) is -0.686. The van der Waals surface area contributed by atoms with Crippen molar-refractivity contribution in [2.45, 2.75) is 13.1 Å². The molecule has 0 aromatic carbocycles. The van der Waals surface area contributed by atoms with Crippen LogP contribution in [0, 0.1) is 0 Å². The molecule has 0 amide bonds. The number of hydrogen-bond donors (Lipinski definition) is 1. The first-order chi connectivity index (χ1) is 1.73. The Morgan fingerprint density at radius 2 is 1.40 bits per heavy atom. The van der Waals surface area contributed by atoms with Crippen molar-refractivity contribution in [2.75, 3.05) is 0 Å². The van der Waals surface area contributed by atoms with Crippen LogP contribution >= 0.6 is 0 Å². The first kappa shape index (κ1) is 9.94. The van der Waals surface area contributed by atoms with Crippen molar-refractivity contribution in [1.29, 1.82) is 0 Å². The fourth-order valence-corrected chi connectivity index (χ4v) is 0. The molecule has 1 nitrogen and oxygen atoms in total. The van der Waals surface area contributed by atoms with E-state index in [-0.39, 0.29) is 51.4 Å². The normalized spacial score (nSPS) is 7.20. The molecule has 0 heterocycles. The standard InChI is InChI=1S/C2H8OSi.K.H/c1-4(2)3;;/h3-4H,1-2H3;;. The second-order valence-electron chi connectivity index (χ2n) is 1.09. The van der Waals surface area contributed by atoms with Gasteiger partial charge < -0.3 is 4.80 Å². The van der Waals surface area contributed by atoms with Crippen LogP contribution < -0.4 is 0 Å². The van der Waals surface area contributed by atoms with Crippen molar-refractivity contribution in [1.82, 2.24) is 0 Å². The molecule has 0 atom stereocenters. The van der Waals surface area contributed by atoms with Gasteiger partial charge in [0.25, 0.3) is 0 Å². The summed E-state index contributed by atoms with van der Waals surface area (Å²) in [6, 6.07) is 0. The topological polar surface area (TPSA) is 20.2 Å². The van der Waals surface area contributed by atoms with Crippen LogP contribution in [0.3, 0.4) is 0 Å². The van der Waals surface area contributed by atoms with Gasteiger partial charge in [0, 0.05) is 0 Å². The van der Waals surface area contributed by atoms with Gasteiger partial charge in [-0.2, -0.15) is 0 Å². The third kappa shape index (κ3) is 25.7. The summed E-state index contributed by atoms with van der Waals surface area (Å²) in [6.07, 6.45) is 0. The Kier molecular flexibility index (Phi) is 11.6. The molecule has 0 saturated heterocycles. The van der Waals surface area contributed by atoms with Gasteiger partial charge in [0.1, 0.15) is 0 Å². The molecule has 5 heavy (non-hydrogen) atoms. The summed E-state index contributed by atoms with van der Waals surface area (Å²) in [5.41, 5.74) is 0. The van der Waals surface area contributed by atoms with E-state index in [0.717, 1.165) is 0 Å². The first-order valence-corrected chi connectivity index (χ1v) is 4.24. The van der Waals surface area contributed by atoms with Crippen LogP contribution in [0.15, 0.2) is 0 Å².